The fraction of sp³-hybridized carbons (Fsp3) is 0.889. The van der Waals surface area contributed by atoms with Gasteiger partial charge in [0.05, 0.1) is 0 Å². The van der Waals surface area contributed by atoms with Crippen molar-refractivity contribution < 1.29 is 0 Å². The Kier molecular flexibility index (Phi) is 5.79. The SMILES string of the molecule is C=CCCC1CCC(C2CCC(CCC)C2)CC1. The molecule has 0 nitrogen and oxygen atoms in total. The van der Waals surface area contributed by atoms with Crippen LogP contribution < -0.4 is 0 Å². The van der Waals surface area contributed by atoms with Gasteiger partial charge in [0.2, 0.25) is 0 Å². The Balaban J connectivity index is 1.68. The molecule has 0 bridgehead atoms. The molecule has 2 rings (SSSR count). The van der Waals surface area contributed by atoms with Crippen LogP contribution in [0.1, 0.15) is 77.6 Å². The van der Waals surface area contributed by atoms with Crippen LogP contribution in [0.25, 0.3) is 0 Å². The predicted octanol–water partition coefficient (Wildman–Crippen LogP) is 5.98. The number of hydrogen-bond donors (Lipinski definition) is 0. The van der Waals surface area contributed by atoms with E-state index < -0.39 is 0 Å². The molecule has 0 aliphatic heterocycles. The minimum Gasteiger partial charge on any atom is -0.103 e. The smallest absolute Gasteiger partial charge is 0.0351 e. The lowest BCUT2D eigenvalue weighted by Gasteiger charge is -2.32. The number of rotatable bonds is 6. The van der Waals surface area contributed by atoms with E-state index in [0.29, 0.717) is 0 Å². The molecule has 2 fully saturated rings. The lowest BCUT2D eigenvalue weighted by Crippen LogP contribution is -2.20. The van der Waals surface area contributed by atoms with Crippen LogP contribution in [0.4, 0.5) is 0 Å². The van der Waals surface area contributed by atoms with Gasteiger partial charge in [-0.15, -0.1) is 6.58 Å². The van der Waals surface area contributed by atoms with Gasteiger partial charge in [-0.1, -0.05) is 45.1 Å². The summed E-state index contributed by atoms with van der Waals surface area (Å²) in [5, 5.41) is 0. The van der Waals surface area contributed by atoms with Gasteiger partial charge in [-0.05, 0) is 62.2 Å². The average molecular weight is 248 g/mol. The first-order valence-corrected chi connectivity index (χ1v) is 8.44. The Morgan fingerprint density at radius 2 is 1.56 bits per heavy atom. The van der Waals surface area contributed by atoms with Crippen LogP contribution in [0.5, 0.6) is 0 Å². The van der Waals surface area contributed by atoms with E-state index in [-0.39, 0.29) is 0 Å². The van der Waals surface area contributed by atoms with Crippen LogP contribution in [0, 0.1) is 23.7 Å². The fourth-order valence-corrected chi connectivity index (χ4v) is 4.51. The Hall–Kier alpha value is -0.260. The molecule has 18 heavy (non-hydrogen) atoms. The molecule has 0 aromatic heterocycles. The second kappa shape index (κ2) is 7.36. The van der Waals surface area contributed by atoms with E-state index in [1.807, 2.05) is 0 Å². The second-order valence-corrected chi connectivity index (χ2v) is 6.87. The summed E-state index contributed by atoms with van der Waals surface area (Å²) in [5.41, 5.74) is 0. The Morgan fingerprint density at radius 3 is 2.22 bits per heavy atom. The van der Waals surface area contributed by atoms with Crippen molar-refractivity contribution in [3.05, 3.63) is 12.7 Å². The normalized spacial score (nSPS) is 36.7. The van der Waals surface area contributed by atoms with Gasteiger partial charge in [0.15, 0.2) is 0 Å². The standard InChI is InChI=1S/C18H32/c1-3-5-7-15-8-11-17(12-9-15)18-13-10-16(14-18)6-4-2/h3,15-18H,1,4-14H2,2H3. The monoisotopic (exact) mass is 248 g/mol. The molecule has 2 saturated carbocycles. The van der Waals surface area contributed by atoms with Gasteiger partial charge < -0.3 is 0 Å². The van der Waals surface area contributed by atoms with E-state index in [2.05, 4.69) is 19.6 Å². The highest BCUT2D eigenvalue weighted by atomic mass is 14.4. The van der Waals surface area contributed by atoms with Crippen LogP contribution in [0.2, 0.25) is 0 Å². The maximum absolute atomic E-state index is 3.85. The molecule has 0 heteroatoms. The Labute approximate surface area is 114 Å². The summed E-state index contributed by atoms with van der Waals surface area (Å²) in [5.74, 6) is 4.29. The van der Waals surface area contributed by atoms with E-state index in [4.69, 9.17) is 0 Å². The van der Waals surface area contributed by atoms with E-state index in [9.17, 15) is 0 Å². The number of hydrogen-bond acceptors (Lipinski definition) is 0. The lowest BCUT2D eigenvalue weighted by molar-refractivity contribution is 0.197. The molecular weight excluding hydrogens is 216 g/mol. The summed E-state index contributed by atoms with van der Waals surface area (Å²) in [6, 6.07) is 0. The lowest BCUT2D eigenvalue weighted by atomic mass is 9.74. The van der Waals surface area contributed by atoms with Gasteiger partial charge in [0.1, 0.15) is 0 Å². The third kappa shape index (κ3) is 3.87. The van der Waals surface area contributed by atoms with Crippen molar-refractivity contribution >= 4 is 0 Å². The first kappa shape index (κ1) is 14.2. The maximum Gasteiger partial charge on any atom is -0.0351 e. The van der Waals surface area contributed by atoms with Crippen LogP contribution in [-0.4, -0.2) is 0 Å². The minimum absolute atomic E-state index is 1.02. The van der Waals surface area contributed by atoms with Gasteiger partial charge in [-0.25, -0.2) is 0 Å². The van der Waals surface area contributed by atoms with E-state index in [0.717, 1.165) is 23.7 Å². The van der Waals surface area contributed by atoms with Crippen molar-refractivity contribution in [3.63, 3.8) is 0 Å². The second-order valence-electron chi connectivity index (χ2n) is 6.87. The highest BCUT2D eigenvalue weighted by molar-refractivity contribution is 4.84. The molecule has 0 amide bonds. The highest BCUT2D eigenvalue weighted by Crippen LogP contribution is 2.44. The third-order valence-corrected chi connectivity index (χ3v) is 5.62. The molecule has 2 aliphatic rings. The zero-order valence-electron chi connectivity index (χ0n) is 12.4. The van der Waals surface area contributed by atoms with Gasteiger partial charge in [0, 0.05) is 0 Å². The minimum atomic E-state index is 1.02. The van der Waals surface area contributed by atoms with Gasteiger partial charge in [-0.3, -0.25) is 0 Å². The maximum atomic E-state index is 3.85. The zero-order valence-corrected chi connectivity index (χ0v) is 12.4. The Bertz CT molecular complexity index is 234. The molecule has 0 aromatic carbocycles. The topological polar surface area (TPSA) is 0 Å². The van der Waals surface area contributed by atoms with Crippen molar-refractivity contribution in [2.75, 3.05) is 0 Å². The molecule has 0 aromatic rings. The summed E-state index contributed by atoms with van der Waals surface area (Å²) in [7, 11) is 0. The van der Waals surface area contributed by atoms with E-state index >= 15 is 0 Å². The largest absolute Gasteiger partial charge is 0.103 e. The van der Waals surface area contributed by atoms with Crippen molar-refractivity contribution in [3.8, 4) is 0 Å². The summed E-state index contributed by atoms with van der Waals surface area (Å²) in [6.45, 7) is 6.19. The van der Waals surface area contributed by atoms with Gasteiger partial charge >= 0.3 is 0 Å². The summed E-state index contributed by atoms with van der Waals surface area (Å²) >= 11 is 0. The third-order valence-electron chi connectivity index (χ3n) is 5.62. The molecule has 2 atom stereocenters. The van der Waals surface area contributed by atoms with Crippen molar-refractivity contribution in [1.82, 2.24) is 0 Å². The quantitative estimate of drug-likeness (QED) is 0.508. The van der Waals surface area contributed by atoms with Crippen LogP contribution in [0.3, 0.4) is 0 Å². The van der Waals surface area contributed by atoms with Crippen LogP contribution >= 0.6 is 0 Å². The molecule has 0 N–H and O–H groups in total. The Morgan fingerprint density at radius 1 is 0.889 bits per heavy atom. The van der Waals surface area contributed by atoms with Gasteiger partial charge in [-0.2, -0.15) is 0 Å². The summed E-state index contributed by atoms with van der Waals surface area (Å²) in [6.07, 6.45) is 18.3. The average Bonchev–Trinajstić information content (AvgIpc) is 2.86. The molecule has 2 aliphatic carbocycles. The van der Waals surface area contributed by atoms with Crippen LogP contribution in [0.15, 0.2) is 12.7 Å². The van der Waals surface area contributed by atoms with Crippen molar-refractivity contribution in [1.29, 1.82) is 0 Å². The summed E-state index contributed by atoms with van der Waals surface area (Å²) in [4.78, 5) is 0. The first-order valence-electron chi connectivity index (χ1n) is 8.44. The number of allylic oxidation sites excluding steroid dienone is 1. The zero-order chi connectivity index (χ0) is 12.8. The highest BCUT2D eigenvalue weighted by Gasteiger charge is 2.32. The molecule has 2 unspecified atom stereocenters. The molecule has 0 radical (unpaired) electrons. The predicted molar refractivity (Wildman–Crippen MR) is 80.6 cm³/mol. The van der Waals surface area contributed by atoms with E-state index in [1.54, 1.807) is 12.8 Å². The molecule has 0 spiro atoms. The van der Waals surface area contributed by atoms with Crippen molar-refractivity contribution in [2.24, 2.45) is 23.7 Å². The summed E-state index contributed by atoms with van der Waals surface area (Å²) < 4.78 is 0. The molecule has 0 saturated heterocycles. The van der Waals surface area contributed by atoms with E-state index in [1.165, 1.54) is 57.8 Å². The molecule has 0 heterocycles. The fourth-order valence-electron chi connectivity index (χ4n) is 4.51. The first-order chi connectivity index (χ1) is 8.83. The molecular formula is C18H32. The van der Waals surface area contributed by atoms with Crippen LogP contribution in [-0.2, 0) is 0 Å². The van der Waals surface area contributed by atoms with Crippen molar-refractivity contribution in [2.45, 2.75) is 77.6 Å². The van der Waals surface area contributed by atoms with Gasteiger partial charge in [0.25, 0.3) is 0 Å². The molecule has 104 valence electrons.